The Labute approximate surface area is 177 Å². The molecular weight excluding hydrogens is 407 g/mol. The van der Waals surface area contributed by atoms with Crippen LogP contribution >= 0.6 is 0 Å². The summed E-state index contributed by atoms with van der Waals surface area (Å²) >= 11 is 0. The smallest absolute Gasteiger partial charge is 0.364 e. The van der Waals surface area contributed by atoms with Gasteiger partial charge in [-0.25, -0.2) is 0 Å². The second-order valence-electron chi connectivity index (χ2n) is 8.49. The molecule has 5 rings (SSSR count). The first kappa shape index (κ1) is 20.2. The quantitative estimate of drug-likeness (QED) is 0.656. The van der Waals surface area contributed by atoms with Crippen LogP contribution in [0.4, 0.5) is 19.0 Å². The van der Waals surface area contributed by atoms with Crippen LogP contribution in [0.1, 0.15) is 42.4 Å². The summed E-state index contributed by atoms with van der Waals surface area (Å²) in [6.07, 6.45) is 1.49. The standard InChI is InChI=1S/C21H24F3N7/c1-31-10-4-5-12(11-31)25-20-14-7-3-2-6-13(14)17(26-29-20)15-8-9-16(21(22,23)24)19-18(15)27-30-28-19/h8-9,12H,2-7,10-11H2,1H3,(H,25,29)(H,27,28,30)/t12-/m1/s1. The number of H-pyrrole nitrogens is 1. The lowest BCUT2D eigenvalue weighted by atomic mass is 9.88. The van der Waals surface area contributed by atoms with Crippen molar-refractivity contribution in [1.29, 1.82) is 0 Å². The monoisotopic (exact) mass is 431 g/mol. The van der Waals surface area contributed by atoms with Gasteiger partial charge < -0.3 is 10.2 Å². The van der Waals surface area contributed by atoms with Crippen LogP contribution in [0.5, 0.6) is 0 Å². The van der Waals surface area contributed by atoms with Crippen molar-refractivity contribution < 1.29 is 13.2 Å². The van der Waals surface area contributed by atoms with E-state index < -0.39 is 11.7 Å². The van der Waals surface area contributed by atoms with Gasteiger partial charge in [0.1, 0.15) is 11.0 Å². The number of rotatable bonds is 3. The first-order valence-corrected chi connectivity index (χ1v) is 10.7. The Balaban J connectivity index is 1.57. The molecule has 1 aliphatic carbocycles. The Hall–Kier alpha value is -2.75. The van der Waals surface area contributed by atoms with Gasteiger partial charge >= 0.3 is 6.18 Å². The molecule has 0 unspecified atom stereocenters. The molecule has 0 amide bonds. The third-order valence-corrected chi connectivity index (χ3v) is 6.29. The van der Waals surface area contributed by atoms with Crippen LogP contribution in [0.25, 0.3) is 22.3 Å². The SMILES string of the molecule is CN1CCC[C@@H](Nc2nnc(-c3ccc(C(F)(F)F)c4n[nH]nc34)c3c2CCCC3)C1. The highest BCUT2D eigenvalue weighted by molar-refractivity contribution is 5.93. The molecule has 31 heavy (non-hydrogen) atoms. The van der Waals surface area contributed by atoms with Crippen molar-refractivity contribution >= 4 is 16.9 Å². The minimum absolute atomic E-state index is 0.173. The highest BCUT2D eigenvalue weighted by atomic mass is 19.4. The third kappa shape index (κ3) is 3.73. The highest BCUT2D eigenvalue weighted by Gasteiger charge is 2.35. The molecule has 0 bridgehead atoms. The molecule has 10 heteroatoms. The first-order valence-electron chi connectivity index (χ1n) is 10.7. The number of halogens is 3. The average molecular weight is 431 g/mol. The van der Waals surface area contributed by atoms with Crippen molar-refractivity contribution in [3.63, 3.8) is 0 Å². The number of likely N-dealkylation sites (N-methyl/N-ethyl adjacent to an activating group) is 1. The maximum Gasteiger partial charge on any atom is 0.418 e. The number of nitrogens with zero attached hydrogens (tertiary/aromatic N) is 5. The van der Waals surface area contributed by atoms with Gasteiger partial charge in [-0.3, -0.25) is 0 Å². The summed E-state index contributed by atoms with van der Waals surface area (Å²) in [4.78, 5) is 2.30. The van der Waals surface area contributed by atoms with Crippen LogP contribution in [-0.2, 0) is 19.0 Å². The molecule has 7 nitrogen and oxygen atoms in total. The van der Waals surface area contributed by atoms with Gasteiger partial charge in [0.25, 0.3) is 0 Å². The molecule has 2 N–H and O–H groups in total. The second-order valence-corrected chi connectivity index (χ2v) is 8.49. The fraction of sp³-hybridized carbons (Fsp3) is 0.524. The van der Waals surface area contributed by atoms with E-state index in [9.17, 15) is 13.2 Å². The van der Waals surface area contributed by atoms with E-state index in [1.54, 1.807) is 0 Å². The number of piperidine rings is 1. The van der Waals surface area contributed by atoms with Crippen molar-refractivity contribution in [2.45, 2.75) is 50.7 Å². The van der Waals surface area contributed by atoms with Crippen LogP contribution < -0.4 is 5.32 Å². The summed E-state index contributed by atoms with van der Waals surface area (Å²) in [5.41, 5.74) is 2.50. The van der Waals surface area contributed by atoms with Gasteiger partial charge in [0.15, 0.2) is 5.82 Å². The molecule has 1 aliphatic heterocycles. The van der Waals surface area contributed by atoms with Crippen LogP contribution in [0.15, 0.2) is 12.1 Å². The van der Waals surface area contributed by atoms with Crippen molar-refractivity contribution in [2.24, 2.45) is 0 Å². The van der Waals surface area contributed by atoms with Crippen molar-refractivity contribution in [3.8, 4) is 11.3 Å². The van der Waals surface area contributed by atoms with E-state index in [0.717, 1.165) is 74.6 Å². The van der Waals surface area contributed by atoms with Crippen molar-refractivity contribution in [3.05, 3.63) is 28.8 Å². The van der Waals surface area contributed by atoms with Gasteiger partial charge in [0, 0.05) is 23.7 Å². The van der Waals surface area contributed by atoms with Crippen LogP contribution in [0.3, 0.4) is 0 Å². The first-order chi connectivity index (χ1) is 14.9. The number of aromatic amines is 1. The van der Waals surface area contributed by atoms with Crippen molar-refractivity contribution in [1.82, 2.24) is 30.5 Å². The summed E-state index contributed by atoms with van der Waals surface area (Å²) in [6, 6.07) is 2.81. The molecule has 0 spiro atoms. The Kier molecular flexibility index (Phi) is 5.04. The van der Waals surface area contributed by atoms with E-state index in [1.807, 2.05) is 0 Å². The molecule has 2 aliphatic rings. The minimum Gasteiger partial charge on any atom is -0.364 e. The van der Waals surface area contributed by atoms with E-state index in [2.05, 4.69) is 42.9 Å². The lowest BCUT2D eigenvalue weighted by Crippen LogP contribution is -2.40. The Morgan fingerprint density at radius 3 is 2.58 bits per heavy atom. The Morgan fingerprint density at radius 2 is 1.81 bits per heavy atom. The van der Waals surface area contributed by atoms with E-state index in [4.69, 9.17) is 0 Å². The van der Waals surface area contributed by atoms with Gasteiger partial charge in [0.2, 0.25) is 0 Å². The predicted molar refractivity (Wildman–Crippen MR) is 111 cm³/mol. The second kappa shape index (κ2) is 7.74. The molecule has 1 saturated heterocycles. The number of benzene rings is 1. The number of nitrogens with one attached hydrogen (secondary N) is 2. The zero-order valence-corrected chi connectivity index (χ0v) is 17.3. The molecule has 164 valence electrons. The maximum atomic E-state index is 13.4. The Bertz CT molecular complexity index is 1110. The van der Waals surface area contributed by atoms with Gasteiger partial charge in [-0.1, -0.05) is 0 Å². The zero-order chi connectivity index (χ0) is 21.6. The summed E-state index contributed by atoms with van der Waals surface area (Å²) in [5.74, 6) is 0.807. The number of anilines is 1. The summed E-state index contributed by atoms with van der Waals surface area (Å²) in [7, 11) is 2.12. The molecule has 3 aromatic rings. The van der Waals surface area contributed by atoms with Crippen LogP contribution in [-0.4, -0.2) is 56.7 Å². The molecule has 0 saturated carbocycles. The molecule has 0 radical (unpaired) electrons. The van der Waals surface area contributed by atoms with Gasteiger partial charge in [-0.05, 0) is 69.8 Å². The lowest BCUT2D eigenvalue weighted by Gasteiger charge is -2.31. The number of alkyl halides is 3. The lowest BCUT2D eigenvalue weighted by molar-refractivity contribution is -0.136. The van der Waals surface area contributed by atoms with Gasteiger partial charge in [0.05, 0.1) is 11.3 Å². The van der Waals surface area contributed by atoms with Gasteiger partial charge in [-0.15, -0.1) is 10.2 Å². The third-order valence-electron chi connectivity index (χ3n) is 6.29. The zero-order valence-electron chi connectivity index (χ0n) is 17.3. The van der Waals surface area contributed by atoms with Gasteiger partial charge in [-0.2, -0.15) is 28.6 Å². The van der Waals surface area contributed by atoms with E-state index in [-0.39, 0.29) is 11.0 Å². The number of likely N-dealkylation sites (tertiary alicyclic amines) is 1. The minimum atomic E-state index is -4.50. The van der Waals surface area contributed by atoms with Crippen molar-refractivity contribution in [2.75, 3.05) is 25.5 Å². The molecule has 1 aromatic carbocycles. The molecule has 3 heterocycles. The summed E-state index contributed by atoms with van der Waals surface area (Å²) < 4.78 is 40.2. The van der Waals surface area contributed by atoms with Crippen LogP contribution in [0.2, 0.25) is 0 Å². The maximum absolute atomic E-state index is 13.4. The van der Waals surface area contributed by atoms with Crippen LogP contribution in [0, 0.1) is 0 Å². The molecular formula is C21H24F3N7. The molecule has 1 atom stereocenters. The highest BCUT2D eigenvalue weighted by Crippen LogP contribution is 2.39. The fourth-order valence-corrected chi connectivity index (χ4v) is 4.81. The fourth-order valence-electron chi connectivity index (χ4n) is 4.81. The average Bonchev–Trinajstić information content (AvgIpc) is 3.23. The largest absolute Gasteiger partial charge is 0.418 e. The molecule has 1 fully saturated rings. The summed E-state index contributed by atoms with van der Waals surface area (Å²) in [6.45, 7) is 2.05. The van der Waals surface area contributed by atoms with E-state index in [1.165, 1.54) is 6.07 Å². The number of hydrogen-bond donors (Lipinski definition) is 2. The predicted octanol–water partition coefficient (Wildman–Crippen LogP) is 3.82. The van der Waals surface area contributed by atoms with E-state index >= 15 is 0 Å². The Morgan fingerprint density at radius 1 is 1.03 bits per heavy atom. The van der Waals surface area contributed by atoms with E-state index in [0.29, 0.717) is 17.3 Å². The topological polar surface area (TPSA) is 82.6 Å². The normalized spacial score (nSPS) is 20.1. The number of aromatic nitrogens is 5. The number of hydrogen-bond acceptors (Lipinski definition) is 6. The summed E-state index contributed by atoms with van der Waals surface area (Å²) in [5, 5.41) is 22.7. The number of fused-ring (bicyclic) bond motifs is 2. The molecule has 2 aromatic heterocycles.